The Morgan fingerprint density at radius 3 is 2.61 bits per heavy atom. The van der Waals surface area contributed by atoms with Crippen molar-refractivity contribution in [2.45, 2.75) is 38.1 Å². The SMILES string of the molecule is Cc1cc(C(F)(F)F)ccc1C(O)C1CCCO1. The quantitative estimate of drug-likeness (QED) is 0.884. The third-order valence-electron chi connectivity index (χ3n) is 3.23. The molecule has 100 valence electrons. The number of halogens is 3. The maximum atomic E-state index is 12.5. The first kappa shape index (κ1) is 13.4. The summed E-state index contributed by atoms with van der Waals surface area (Å²) in [4.78, 5) is 0. The van der Waals surface area contributed by atoms with Crippen molar-refractivity contribution in [3.05, 3.63) is 34.9 Å². The second-order valence-electron chi connectivity index (χ2n) is 4.57. The van der Waals surface area contributed by atoms with Crippen LogP contribution in [0.2, 0.25) is 0 Å². The van der Waals surface area contributed by atoms with Crippen LogP contribution in [0.15, 0.2) is 18.2 Å². The Labute approximate surface area is 103 Å². The first-order chi connectivity index (χ1) is 8.39. The molecule has 1 aliphatic heterocycles. The van der Waals surface area contributed by atoms with Gasteiger partial charge in [-0.05, 0) is 43.0 Å². The van der Waals surface area contributed by atoms with Gasteiger partial charge in [0.15, 0.2) is 0 Å². The molecule has 0 bridgehead atoms. The minimum absolute atomic E-state index is 0.305. The van der Waals surface area contributed by atoms with Crippen LogP contribution in [0.25, 0.3) is 0 Å². The highest BCUT2D eigenvalue weighted by molar-refractivity contribution is 5.34. The summed E-state index contributed by atoms with van der Waals surface area (Å²) in [7, 11) is 0. The number of alkyl halides is 3. The summed E-state index contributed by atoms with van der Waals surface area (Å²) in [6, 6.07) is 3.40. The lowest BCUT2D eigenvalue weighted by Crippen LogP contribution is -2.18. The molecule has 1 heterocycles. The van der Waals surface area contributed by atoms with Gasteiger partial charge in [-0.1, -0.05) is 6.07 Å². The summed E-state index contributed by atoms with van der Waals surface area (Å²) in [6.07, 6.45) is -3.89. The van der Waals surface area contributed by atoms with E-state index in [2.05, 4.69) is 0 Å². The molecule has 1 saturated heterocycles. The summed E-state index contributed by atoms with van der Waals surface area (Å²) in [5.74, 6) is 0. The predicted molar refractivity (Wildman–Crippen MR) is 60.1 cm³/mol. The van der Waals surface area contributed by atoms with Crippen LogP contribution >= 0.6 is 0 Å². The Morgan fingerprint density at radius 2 is 2.11 bits per heavy atom. The number of aliphatic hydroxyl groups is 1. The maximum Gasteiger partial charge on any atom is 0.416 e. The number of ether oxygens (including phenoxy) is 1. The zero-order valence-electron chi connectivity index (χ0n) is 10.00. The van der Waals surface area contributed by atoms with Crippen LogP contribution in [-0.4, -0.2) is 17.8 Å². The minimum Gasteiger partial charge on any atom is -0.386 e. The van der Waals surface area contributed by atoms with Gasteiger partial charge in [0.05, 0.1) is 11.7 Å². The fraction of sp³-hybridized carbons (Fsp3) is 0.538. The van der Waals surface area contributed by atoms with Gasteiger partial charge in [0.1, 0.15) is 6.10 Å². The topological polar surface area (TPSA) is 29.5 Å². The largest absolute Gasteiger partial charge is 0.416 e. The number of rotatable bonds is 2. The molecule has 0 aliphatic carbocycles. The van der Waals surface area contributed by atoms with E-state index >= 15 is 0 Å². The van der Waals surface area contributed by atoms with E-state index in [-0.39, 0.29) is 6.10 Å². The maximum absolute atomic E-state index is 12.5. The van der Waals surface area contributed by atoms with Gasteiger partial charge < -0.3 is 9.84 Å². The smallest absolute Gasteiger partial charge is 0.386 e. The van der Waals surface area contributed by atoms with Crippen molar-refractivity contribution in [3.8, 4) is 0 Å². The average Bonchev–Trinajstić information content (AvgIpc) is 2.80. The Hall–Kier alpha value is -1.07. The van der Waals surface area contributed by atoms with E-state index in [1.165, 1.54) is 6.07 Å². The van der Waals surface area contributed by atoms with Crippen LogP contribution in [0.3, 0.4) is 0 Å². The molecule has 2 unspecified atom stereocenters. The molecule has 1 fully saturated rings. The van der Waals surface area contributed by atoms with E-state index in [1.807, 2.05) is 0 Å². The lowest BCUT2D eigenvalue weighted by molar-refractivity contribution is -0.137. The molecule has 0 spiro atoms. The second kappa shape index (κ2) is 4.90. The lowest BCUT2D eigenvalue weighted by Gasteiger charge is -2.20. The highest BCUT2D eigenvalue weighted by Crippen LogP contribution is 2.34. The number of aryl methyl sites for hydroxylation is 1. The van der Waals surface area contributed by atoms with Gasteiger partial charge in [-0.25, -0.2) is 0 Å². The van der Waals surface area contributed by atoms with Gasteiger partial charge in [0.25, 0.3) is 0 Å². The van der Waals surface area contributed by atoms with Crippen molar-refractivity contribution in [3.63, 3.8) is 0 Å². The number of benzene rings is 1. The summed E-state index contributed by atoms with van der Waals surface area (Å²) < 4.78 is 42.9. The van der Waals surface area contributed by atoms with Crippen LogP contribution in [0.5, 0.6) is 0 Å². The molecule has 1 aromatic rings. The zero-order valence-corrected chi connectivity index (χ0v) is 10.00. The standard InChI is InChI=1S/C13H15F3O2/c1-8-7-9(13(14,15)16)4-5-10(8)12(17)11-3-2-6-18-11/h4-5,7,11-12,17H,2-3,6H2,1H3. The van der Waals surface area contributed by atoms with Crippen LogP contribution in [0.1, 0.15) is 35.6 Å². The highest BCUT2D eigenvalue weighted by atomic mass is 19.4. The molecular weight excluding hydrogens is 245 g/mol. The molecule has 1 N–H and O–H groups in total. The summed E-state index contributed by atoms with van der Waals surface area (Å²) in [5, 5.41) is 10.1. The number of hydrogen-bond donors (Lipinski definition) is 1. The van der Waals surface area contributed by atoms with Crippen molar-refractivity contribution >= 4 is 0 Å². The summed E-state index contributed by atoms with van der Waals surface area (Å²) >= 11 is 0. The van der Waals surface area contributed by atoms with E-state index in [0.29, 0.717) is 17.7 Å². The molecule has 0 amide bonds. The minimum atomic E-state index is -4.35. The Balaban J connectivity index is 2.24. The van der Waals surface area contributed by atoms with E-state index < -0.39 is 17.8 Å². The van der Waals surface area contributed by atoms with Gasteiger partial charge in [-0.3, -0.25) is 0 Å². The molecule has 0 saturated carbocycles. The zero-order chi connectivity index (χ0) is 13.3. The summed E-state index contributed by atoms with van der Waals surface area (Å²) in [5.41, 5.74) is 0.256. The van der Waals surface area contributed by atoms with Gasteiger partial charge in [0.2, 0.25) is 0 Å². The first-order valence-corrected chi connectivity index (χ1v) is 5.87. The third-order valence-corrected chi connectivity index (χ3v) is 3.23. The monoisotopic (exact) mass is 260 g/mol. The van der Waals surface area contributed by atoms with Crippen LogP contribution < -0.4 is 0 Å². The summed E-state index contributed by atoms with van der Waals surface area (Å²) in [6.45, 7) is 2.17. The van der Waals surface area contributed by atoms with Crippen molar-refractivity contribution in [2.24, 2.45) is 0 Å². The van der Waals surface area contributed by atoms with Crippen molar-refractivity contribution < 1.29 is 23.0 Å². The van der Waals surface area contributed by atoms with Gasteiger partial charge in [0, 0.05) is 6.61 Å². The van der Waals surface area contributed by atoms with E-state index in [9.17, 15) is 18.3 Å². The Bertz CT molecular complexity index is 423. The molecule has 1 aliphatic rings. The first-order valence-electron chi connectivity index (χ1n) is 5.87. The molecule has 0 aromatic heterocycles. The highest BCUT2D eigenvalue weighted by Gasteiger charge is 2.32. The fourth-order valence-electron chi connectivity index (χ4n) is 2.24. The van der Waals surface area contributed by atoms with Gasteiger partial charge >= 0.3 is 6.18 Å². The normalized spacial score (nSPS) is 22.2. The second-order valence-corrected chi connectivity index (χ2v) is 4.57. The molecule has 2 atom stereocenters. The molecule has 2 nitrogen and oxygen atoms in total. The molecule has 18 heavy (non-hydrogen) atoms. The Kier molecular flexibility index (Phi) is 3.64. The average molecular weight is 260 g/mol. The molecule has 2 rings (SSSR count). The van der Waals surface area contributed by atoms with Crippen LogP contribution in [-0.2, 0) is 10.9 Å². The lowest BCUT2D eigenvalue weighted by atomic mass is 9.96. The third kappa shape index (κ3) is 2.67. The van der Waals surface area contributed by atoms with Gasteiger partial charge in [-0.15, -0.1) is 0 Å². The van der Waals surface area contributed by atoms with E-state index in [4.69, 9.17) is 4.74 Å². The van der Waals surface area contributed by atoms with Crippen LogP contribution in [0, 0.1) is 6.92 Å². The fourth-order valence-corrected chi connectivity index (χ4v) is 2.24. The Morgan fingerprint density at radius 1 is 1.39 bits per heavy atom. The van der Waals surface area contributed by atoms with Gasteiger partial charge in [-0.2, -0.15) is 13.2 Å². The van der Waals surface area contributed by atoms with Crippen LogP contribution in [0.4, 0.5) is 13.2 Å². The number of hydrogen-bond acceptors (Lipinski definition) is 2. The van der Waals surface area contributed by atoms with E-state index in [1.54, 1.807) is 6.92 Å². The molecule has 1 aromatic carbocycles. The molecule has 0 radical (unpaired) electrons. The molecule has 5 heteroatoms. The van der Waals surface area contributed by atoms with Crippen molar-refractivity contribution in [2.75, 3.05) is 6.61 Å². The van der Waals surface area contributed by atoms with E-state index in [0.717, 1.165) is 25.0 Å². The predicted octanol–water partition coefficient (Wildman–Crippen LogP) is 3.23. The van der Waals surface area contributed by atoms with Crippen molar-refractivity contribution in [1.29, 1.82) is 0 Å². The number of aliphatic hydroxyl groups excluding tert-OH is 1. The van der Waals surface area contributed by atoms with Crippen molar-refractivity contribution in [1.82, 2.24) is 0 Å². The molecular formula is C13H15F3O2.